The van der Waals surface area contributed by atoms with Crippen LogP contribution in [0.3, 0.4) is 0 Å². The fourth-order valence-electron chi connectivity index (χ4n) is 6.58. The lowest BCUT2D eigenvalue weighted by Gasteiger charge is -2.22. The first kappa shape index (κ1) is 24.7. The first-order valence-corrected chi connectivity index (χ1v) is 14.6. The van der Waals surface area contributed by atoms with Gasteiger partial charge in [0.25, 0.3) is 0 Å². The van der Waals surface area contributed by atoms with Gasteiger partial charge in [-0.2, -0.15) is 9.97 Å². The minimum absolute atomic E-state index is 0.0820. The maximum atomic E-state index is 5.10. The van der Waals surface area contributed by atoms with E-state index in [4.69, 9.17) is 15.0 Å². The number of hydrogen-bond donors (Lipinski definition) is 0. The Morgan fingerprint density at radius 1 is 0.571 bits per heavy atom. The molecule has 2 heterocycles. The van der Waals surface area contributed by atoms with E-state index < -0.39 is 0 Å². The van der Waals surface area contributed by atoms with Crippen molar-refractivity contribution in [2.45, 2.75) is 26.1 Å². The molecule has 0 atom stereocenters. The van der Waals surface area contributed by atoms with Gasteiger partial charge in [-0.1, -0.05) is 123 Å². The average Bonchev–Trinajstić information content (AvgIpc) is 3.48. The van der Waals surface area contributed by atoms with Gasteiger partial charge in [0.2, 0.25) is 5.95 Å². The van der Waals surface area contributed by atoms with Crippen LogP contribution in [0.15, 0.2) is 115 Å². The van der Waals surface area contributed by atoms with Crippen LogP contribution in [0.1, 0.15) is 25.0 Å². The molecule has 0 amide bonds. The van der Waals surface area contributed by atoms with E-state index in [1.165, 1.54) is 38.5 Å². The number of hydrogen-bond acceptors (Lipinski definition) is 3. The molecule has 0 aliphatic heterocycles. The van der Waals surface area contributed by atoms with E-state index in [2.05, 4.69) is 104 Å². The summed E-state index contributed by atoms with van der Waals surface area (Å²) in [5, 5.41) is 2.41. The van der Waals surface area contributed by atoms with E-state index in [0.29, 0.717) is 17.6 Å². The smallest absolute Gasteiger partial charge is 0.238 e. The van der Waals surface area contributed by atoms with Crippen LogP contribution in [0, 0.1) is 0 Å². The van der Waals surface area contributed by atoms with E-state index in [9.17, 15) is 0 Å². The Morgan fingerprint density at radius 2 is 1.19 bits per heavy atom. The molecule has 1 aliphatic carbocycles. The second kappa shape index (κ2) is 9.25. The van der Waals surface area contributed by atoms with E-state index in [1.54, 1.807) is 0 Å². The average molecular weight is 540 g/mol. The summed E-state index contributed by atoms with van der Waals surface area (Å²) in [5.74, 6) is 1.93. The molecule has 0 saturated carbocycles. The van der Waals surface area contributed by atoms with E-state index in [1.807, 2.05) is 36.4 Å². The van der Waals surface area contributed by atoms with Gasteiger partial charge in [-0.25, -0.2) is 4.98 Å². The van der Waals surface area contributed by atoms with Gasteiger partial charge in [0.05, 0.1) is 11.0 Å². The third kappa shape index (κ3) is 3.66. The summed E-state index contributed by atoms with van der Waals surface area (Å²) in [4.78, 5) is 15.1. The summed E-state index contributed by atoms with van der Waals surface area (Å²) in [6.07, 6.45) is 0. The molecule has 0 N–H and O–H groups in total. The maximum absolute atomic E-state index is 5.10. The van der Waals surface area contributed by atoms with Gasteiger partial charge in [-0.05, 0) is 40.5 Å². The summed E-state index contributed by atoms with van der Waals surface area (Å²) < 4.78 is 2.22. The zero-order valence-corrected chi connectivity index (χ0v) is 24.0. The van der Waals surface area contributed by atoms with Crippen LogP contribution in [-0.4, -0.2) is 26.8 Å². The molecule has 2 aromatic heterocycles. The fraction of sp³-hybridized carbons (Fsp3) is 0.108. The Labute approximate surface area is 246 Å². The summed E-state index contributed by atoms with van der Waals surface area (Å²) in [6.45, 7) is 6.93. The molecule has 0 spiro atoms. The molecular weight excluding hydrogens is 511 g/mol. The van der Waals surface area contributed by atoms with Gasteiger partial charge in [0.15, 0.2) is 18.9 Å². The number of rotatable bonds is 4. The summed E-state index contributed by atoms with van der Waals surface area (Å²) in [7, 11) is 1.03. The first-order valence-electron chi connectivity index (χ1n) is 14.6. The van der Waals surface area contributed by atoms with Crippen LogP contribution in [0.5, 0.6) is 0 Å². The quantitative estimate of drug-likeness (QED) is 0.215. The fourth-order valence-corrected chi connectivity index (χ4v) is 6.58. The highest BCUT2D eigenvalue weighted by Crippen LogP contribution is 2.50. The number of benzene rings is 5. The zero-order valence-electron chi connectivity index (χ0n) is 24.0. The summed E-state index contributed by atoms with van der Waals surface area (Å²) in [6, 6.07) is 40.7. The standard InChI is InChI=1S/C37H29BN4/c1-37(2)30-20-25(38-3)18-19-26(30)28-22-33-29(21-31(28)37)27-16-10-11-17-32(27)42(33)36-40-34(23-12-6-4-7-13-23)39-35(41-36)24-14-8-5-9-15-24/h4-22,38H,1-3H3. The summed E-state index contributed by atoms with van der Waals surface area (Å²) in [5.41, 5.74) is 10.8. The molecule has 1 aliphatic rings. The SMILES string of the molecule is CBc1ccc2c(c1)C(C)(C)c1cc3c4ccccc4n(-c4nc(-c5ccccc5)nc(-c5ccccc5)n4)c3cc1-2. The third-order valence-electron chi connectivity index (χ3n) is 8.83. The van der Waals surface area contributed by atoms with Crippen molar-refractivity contribution >= 4 is 34.5 Å². The number of aromatic nitrogens is 4. The van der Waals surface area contributed by atoms with Crippen molar-refractivity contribution < 1.29 is 0 Å². The van der Waals surface area contributed by atoms with Gasteiger partial charge in [-0.15, -0.1) is 0 Å². The van der Waals surface area contributed by atoms with Gasteiger partial charge in [0.1, 0.15) is 0 Å². The molecule has 0 fully saturated rings. The highest BCUT2D eigenvalue weighted by Gasteiger charge is 2.36. The highest BCUT2D eigenvalue weighted by molar-refractivity contribution is 6.52. The molecule has 4 nitrogen and oxygen atoms in total. The van der Waals surface area contributed by atoms with Crippen LogP contribution in [-0.2, 0) is 5.41 Å². The number of fused-ring (bicyclic) bond motifs is 6. The van der Waals surface area contributed by atoms with Crippen molar-refractivity contribution in [2.75, 3.05) is 0 Å². The molecule has 0 saturated heterocycles. The van der Waals surface area contributed by atoms with Gasteiger partial charge in [0, 0.05) is 27.3 Å². The molecule has 0 bridgehead atoms. The monoisotopic (exact) mass is 540 g/mol. The molecular formula is C37H29BN4. The molecule has 5 aromatic carbocycles. The van der Waals surface area contributed by atoms with Crippen LogP contribution >= 0.6 is 0 Å². The molecule has 42 heavy (non-hydrogen) atoms. The van der Waals surface area contributed by atoms with E-state index in [0.717, 1.165) is 29.4 Å². The van der Waals surface area contributed by atoms with Crippen molar-refractivity contribution in [1.82, 2.24) is 19.5 Å². The Balaban J connectivity index is 1.45. The zero-order chi connectivity index (χ0) is 28.4. The molecule has 7 aromatic rings. The Bertz CT molecular complexity index is 2090. The second-order valence-electron chi connectivity index (χ2n) is 11.6. The molecule has 0 radical (unpaired) electrons. The summed E-state index contributed by atoms with van der Waals surface area (Å²) >= 11 is 0. The van der Waals surface area contributed by atoms with Gasteiger partial charge >= 0.3 is 0 Å². The van der Waals surface area contributed by atoms with E-state index >= 15 is 0 Å². The molecule has 200 valence electrons. The lowest BCUT2D eigenvalue weighted by molar-refractivity contribution is 0.662. The Kier molecular flexibility index (Phi) is 5.45. The Hall–Kier alpha value is -5.03. The molecule has 5 heteroatoms. The number of para-hydroxylation sites is 1. The minimum Gasteiger partial charge on any atom is -0.278 e. The maximum Gasteiger partial charge on any atom is 0.238 e. The van der Waals surface area contributed by atoms with Crippen molar-refractivity contribution in [1.29, 1.82) is 0 Å². The second-order valence-corrected chi connectivity index (χ2v) is 11.6. The van der Waals surface area contributed by atoms with Crippen LogP contribution < -0.4 is 5.46 Å². The van der Waals surface area contributed by atoms with Gasteiger partial charge in [-0.3, -0.25) is 4.57 Å². The van der Waals surface area contributed by atoms with Crippen molar-refractivity contribution in [3.8, 4) is 39.9 Å². The predicted octanol–water partition coefficient (Wildman–Crippen LogP) is 7.72. The van der Waals surface area contributed by atoms with Crippen molar-refractivity contribution in [3.05, 3.63) is 126 Å². The lowest BCUT2D eigenvalue weighted by Crippen LogP contribution is -2.19. The topological polar surface area (TPSA) is 43.6 Å². The van der Waals surface area contributed by atoms with Crippen molar-refractivity contribution in [3.63, 3.8) is 0 Å². The lowest BCUT2D eigenvalue weighted by atomic mass is 9.71. The van der Waals surface area contributed by atoms with E-state index in [-0.39, 0.29) is 5.41 Å². The normalized spacial score (nSPS) is 13.3. The first-order chi connectivity index (χ1) is 20.5. The Morgan fingerprint density at radius 3 is 1.86 bits per heavy atom. The van der Waals surface area contributed by atoms with Crippen LogP contribution in [0.25, 0.3) is 61.7 Å². The minimum atomic E-state index is -0.0820. The molecule has 8 rings (SSSR count). The molecule has 0 unspecified atom stereocenters. The van der Waals surface area contributed by atoms with Crippen LogP contribution in [0.2, 0.25) is 6.82 Å². The largest absolute Gasteiger partial charge is 0.278 e. The highest BCUT2D eigenvalue weighted by atomic mass is 15.2. The van der Waals surface area contributed by atoms with Crippen molar-refractivity contribution in [2.24, 2.45) is 0 Å². The third-order valence-corrected chi connectivity index (χ3v) is 8.83. The van der Waals surface area contributed by atoms with Gasteiger partial charge < -0.3 is 0 Å². The van der Waals surface area contributed by atoms with Crippen LogP contribution in [0.4, 0.5) is 0 Å². The number of nitrogens with zero attached hydrogens (tertiary/aromatic N) is 4. The predicted molar refractivity (Wildman–Crippen MR) is 175 cm³/mol.